The average molecular weight is 470 g/mol. The number of thioether (sulfide) groups is 1. The number of nitrogens with zero attached hydrogens (tertiary/aromatic N) is 4. The van der Waals surface area contributed by atoms with E-state index in [4.69, 9.17) is 11.6 Å². The van der Waals surface area contributed by atoms with Crippen LogP contribution in [0.2, 0.25) is 5.02 Å². The average Bonchev–Trinajstić information content (AvgIpc) is 3.07. The van der Waals surface area contributed by atoms with Crippen LogP contribution >= 0.6 is 35.3 Å². The zero-order chi connectivity index (χ0) is 21.8. The molecule has 1 unspecified atom stereocenters. The number of imide groups is 1. The molecule has 0 aliphatic carbocycles. The third-order valence-corrected chi connectivity index (χ3v) is 6.62. The molecule has 0 spiro atoms. The molecule has 156 valence electrons. The first kappa shape index (κ1) is 21.4. The molecule has 1 N–H and O–H groups in total. The molecule has 2 heterocycles. The highest BCUT2D eigenvalue weighted by atomic mass is 35.5. The molecule has 0 saturated carbocycles. The van der Waals surface area contributed by atoms with Crippen molar-refractivity contribution in [3.05, 3.63) is 77.6 Å². The van der Waals surface area contributed by atoms with Crippen molar-refractivity contribution in [3.8, 4) is 0 Å². The number of carbonyl (C=O) groups excluding carboxylic acids is 2. The van der Waals surface area contributed by atoms with Gasteiger partial charge in [-0.1, -0.05) is 11.6 Å². The summed E-state index contributed by atoms with van der Waals surface area (Å²) in [5, 5.41) is 5.10. The van der Waals surface area contributed by atoms with E-state index >= 15 is 0 Å². The molecule has 2 amide bonds. The first-order valence-corrected chi connectivity index (χ1v) is 11.2. The number of carbonyl (C=O) groups is 2. The molecule has 0 saturated heterocycles. The molecule has 2 aromatic carbocycles. The van der Waals surface area contributed by atoms with Gasteiger partial charge < -0.3 is 0 Å². The lowest BCUT2D eigenvalue weighted by Crippen LogP contribution is -2.33. The predicted octanol–water partition coefficient (Wildman–Crippen LogP) is 4.77. The number of halogens is 1. The van der Waals surface area contributed by atoms with Gasteiger partial charge in [0.1, 0.15) is 5.25 Å². The Morgan fingerprint density at radius 3 is 2.35 bits per heavy atom. The Bertz CT molecular complexity index is 1120. The van der Waals surface area contributed by atoms with Crippen molar-refractivity contribution in [2.24, 2.45) is 5.10 Å². The van der Waals surface area contributed by atoms with Gasteiger partial charge in [0.15, 0.2) is 0 Å². The molecule has 1 aliphatic rings. The van der Waals surface area contributed by atoms with Crippen LogP contribution < -0.4 is 4.72 Å². The van der Waals surface area contributed by atoms with E-state index in [0.717, 1.165) is 14.8 Å². The summed E-state index contributed by atoms with van der Waals surface area (Å²) < 4.78 is 3.07. The van der Waals surface area contributed by atoms with Crippen molar-refractivity contribution in [1.82, 2.24) is 15.0 Å². The van der Waals surface area contributed by atoms with Crippen molar-refractivity contribution in [2.45, 2.75) is 22.0 Å². The lowest BCUT2D eigenvalue weighted by Gasteiger charge is -2.13. The van der Waals surface area contributed by atoms with Gasteiger partial charge >= 0.3 is 0 Å². The minimum Gasteiger partial charge on any atom is -0.294 e. The Kier molecular flexibility index (Phi) is 6.55. The third-order valence-electron chi connectivity index (χ3n) is 4.26. The molecular formula is C21H16ClN5O2S2. The standard InChI is InChI=1S/C21H16ClN5O2S2/c1-13-18(20(29)27(25-13)19(28)14-3-5-15(22)6-4-14)30-16-7-9-17(10-8-16)31-26-21-23-11-2-12-24-21/h2-12,18H,1H3,(H,23,24,26). The number of hydrogen-bond acceptors (Lipinski definition) is 8. The lowest BCUT2D eigenvalue weighted by molar-refractivity contribution is -0.125. The van der Waals surface area contributed by atoms with E-state index in [-0.39, 0.29) is 5.91 Å². The van der Waals surface area contributed by atoms with Gasteiger partial charge in [0.25, 0.3) is 11.8 Å². The van der Waals surface area contributed by atoms with Gasteiger partial charge in [-0.05, 0) is 73.5 Å². The highest BCUT2D eigenvalue weighted by molar-refractivity contribution is 8.01. The second-order valence-corrected chi connectivity index (χ2v) is 8.94. The summed E-state index contributed by atoms with van der Waals surface area (Å²) >= 11 is 8.62. The van der Waals surface area contributed by atoms with Crippen molar-refractivity contribution in [1.29, 1.82) is 0 Å². The van der Waals surface area contributed by atoms with Crippen LogP contribution in [0.15, 0.2) is 81.9 Å². The maximum Gasteiger partial charge on any atom is 0.281 e. The molecule has 0 radical (unpaired) electrons. The molecule has 31 heavy (non-hydrogen) atoms. The minimum absolute atomic E-state index is 0.358. The van der Waals surface area contributed by atoms with Gasteiger partial charge in [0.2, 0.25) is 5.95 Å². The Labute approximate surface area is 192 Å². The summed E-state index contributed by atoms with van der Waals surface area (Å²) in [6.45, 7) is 1.75. The monoisotopic (exact) mass is 469 g/mol. The predicted molar refractivity (Wildman–Crippen MR) is 123 cm³/mol. The van der Waals surface area contributed by atoms with Gasteiger partial charge in [-0.15, -0.1) is 11.8 Å². The van der Waals surface area contributed by atoms with Crippen LogP contribution in [0.5, 0.6) is 0 Å². The molecule has 1 aliphatic heterocycles. The van der Waals surface area contributed by atoms with Crippen LogP contribution in [0, 0.1) is 0 Å². The van der Waals surface area contributed by atoms with Crippen LogP contribution in [-0.2, 0) is 4.79 Å². The second kappa shape index (κ2) is 9.51. The fourth-order valence-corrected chi connectivity index (χ4v) is 4.42. The summed E-state index contributed by atoms with van der Waals surface area (Å²) in [5.41, 5.74) is 0.940. The zero-order valence-corrected chi connectivity index (χ0v) is 18.6. The summed E-state index contributed by atoms with van der Waals surface area (Å²) in [7, 11) is 0. The highest BCUT2D eigenvalue weighted by Gasteiger charge is 2.38. The number of nitrogens with one attached hydrogen (secondary N) is 1. The number of anilines is 1. The van der Waals surface area contributed by atoms with E-state index in [0.29, 0.717) is 22.2 Å². The maximum atomic E-state index is 12.8. The quantitative estimate of drug-likeness (QED) is 0.411. The Morgan fingerprint density at radius 2 is 1.68 bits per heavy atom. The molecule has 0 bridgehead atoms. The Hall–Kier alpha value is -2.88. The van der Waals surface area contributed by atoms with Crippen molar-refractivity contribution >= 4 is 58.8 Å². The molecule has 1 aromatic heterocycles. The van der Waals surface area contributed by atoms with E-state index in [9.17, 15) is 9.59 Å². The van der Waals surface area contributed by atoms with Crippen LogP contribution in [0.3, 0.4) is 0 Å². The van der Waals surface area contributed by atoms with Gasteiger partial charge in [-0.3, -0.25) is 14.3 Å². The van der Waals surface area contributed by atoms with E-state index in [1.807, 2.05) is 24.3 Å². The number of hydrogen-bond donors (Lipinski definition) is 1. The summed E-state index contributed by atoms with van der Waals surface area (Å²) in [6.07, 6.45) is 3.33. The fourth-order valence-electron chi connectivity index (χ4n) is 2.72. The van der Waals surface area contributed by atoms with Gasteiger partial charge in [0, 0.05) is 32.8 Å². The van der Waals surface area contributed by atoms with Crippen LogP contribution in [0.25, 0.3) is 0 Å². The molecule has 10 heteroatoms. The number of hydrazone groups is 1. The SMILES string of the molecule is CC1=NN(C(=O)c2ccc(Cl)cc2)C(=O)C1Sc1ccc(SNc2ncccn2)cc1. The smallest absolute Gasteiger partial charge is 0.281 e. The molecule has 0 fully saturated rings. The van der Waals surface area contributed by atoms with Crippen LogP contribution in [0.4, 0.5) is 5.95 Å². The van der Waals surface area contributed by atoms with Gasteiger partial charge in [0.05, 0.1) is 5.71 Å². The number of amides is 2. The number of aromatic nitrogens is 2. The summed E-state index contributed by atoms with van der Waals surface area (Å²) in [4.78, 5) is 35.6. The molecular weight excluding hydrogens is 454 g/mol. The van der Waals surface area contributed by atoms with E-state index in [1.165, 1.54) is 23.7 Å². The van der Waals surface area contributed by atoms with Crippen LogP contribution in [0.1, 0.15) is 17.3 Å². The number of benzene rings is 2. The Morgan fingerprint density at radius 1 is 1.03 bits per heavy atom. The largest absolute Gasteiger partial charge is 0.294 e. The molecule has 3 aromatic rings. The van der Waals surface area contributed by atoms with Gasteiger partial charge in [-0.2, -0.15) is 10.1 Å². The van der Waals surface area contributed by atoms with Crippen LogP contribution in [-0.4, -0.2) is 37.8 Å². The fraction of sp³-hybridized carbons (Fsp3) is 0.0952. The van der Waals surface area contributed by atoms with Gasteiger partial charge in [-0.25, -0.2) is 9.97 Å². The molecule has 4 rings (SSSR count). The van der Waals surface area contributed by atoms with E-state index in [2.05, 4.69) is 19.8 Å². The van der Waals surface area contributed by atoms with Crippen molar-refractivity contribution < 1.29 is 9.59 Å². The van der Waals surface area contributed by atoms with Crippen molar-refractivity contribution in [2.75, 3.05) is 4.72 Å². The summed E-state index contributed by atoms with van der Waals surface area (Å²) in [5.74, 6) is -0.298. The molecule has 7 nitrogen and oxygen atoms in total. The van der Waals surface area contributed by atoms with Crippen molar-refractivity contribution in [3.63, 3.8) is 0 Å². The first-order chi connectivity index (χ1) is 15.0. The van der Waals surface area contributed by atoms with E-state index in [1.54, 1.807) is 49.6 Å². The minimum atomic E-state index is -0.550. The third kappa shape index (κ3) is 5.07. The maximum absolute atomic E-state index is 12.8. The first-order valence-electron chi connectivity index (χ1n) is 9.17. The van der Waals surface area contributed by atoms with E-state index < -0.39 is 11.2 Å². The second-order valence-electron chi connectivity index (χ2n) is 6.45. The lowest BCUT2D eigenvalue weighted by atomic mass is 10.2. The Balaban J connectivity index is 1.39. The number of rotatable bonds is 6. The highest BCUT2D eigenvalue weighted by Crippen LogP contribution is 2.31. The zero-order valence-electron chi connectivity index (χ0n) is 16.2. The normalized spacial score (nSPS) is 15.7. The molecule has 1 atom stereocenters. The summed E-state index contributed by atoms with van der Waals surface area (Å²) in [6, 6.07) is 15.8. The topological polar surface area (TPSA) is 87.5 Å².